The molecule has 0 amide bonds. The van der Waals surface area contributed by atoms with E-state index in [2.05, 4.69) is 49.1 Å². The molecule has 32 heavy (non-hydrogen) atoms. The van der Waals surface area contributed by atoms with Crippen molar-refractivity contribution in [1.29, 1.82) is 0 Å². The Labute approximate surface area is 187 Å². The first-order chi connectivity index (χ1) is 15.4. The summed E-state index contributed by atoms with van der Waals surface area (Å²) >= 11 is 0. The summed E-state index contributed by atoms with van der Waals surface area (Å²) in [7, 11) is 0. The Morgan fingerprint density at radius 3 is 2.38 bits per heavy atom. The zero-order chi connectivity index (χ0) is 22.8. The monoisotopic (exact) mass is 434 g/mol. The fourth-order valence-corrected chi connectivity index (χ4v) is 4.45. The largest absolute Gasteiger partial charge is 0.369 e. The van der Waals surface area contributed by atoms with Crippen LogP contribution < -0.4 is 15.8 Å². The van der Waals surface area contributed by atoms with Crippen LogP contribution in [0.25, 0.3) is 11.0 Å². The van der Waals surface area contributed by atoms with Crippen molar-refractivity contribution in [2.75, 3.05) is 42.9 Å². The zero-order valence-electron chi connectivity index (χ0n) is 19.2. The lowest BCUT2D eigenvalue weighted by Crippen LogP contribution is -2.46. The van der Waals surface area contributed by atoms with E-state index in [-0.39, 0.29) is 11.3 Å². The van der Waals surface area contributed by atoms with Crippen molar-refractivity contribution < 1.29 is 4.79 Å². The molecular weight excluding hydrogens is 404 g/mol. The molecule has 0 bridgehead atoms. The van der Waals surface area contributed by atoms with Crippen molar-refractivity contribution in [3.63, 3.8) is 0 Å². The van der Waals surface area contributed by atoms with E-state index in [0.717, 1.165) is 49.5 Å². The number of carbonyl (C=O) groups is 1. The number of benzene rings is 1. The van der Waals surface area contributed by atoms with Crippen LogP contribution in [-0.2, 0) is 6.42 Å². The van der Waals surface area contributed by atoms with E-state index in [1.165, 1.54) is 12.6 Å². The number of hydrogen-bond acceptors (Lipinski definition) is 7. The number of pyridine rings is 1. The number of fused-ring (bicyclic) bond motifs is 1. The van der Waals surface area contributed by atoms with Crippen LogP contribution in [0.1, 0.15) is 42.4 Å². The highest BCUT2D eigenvalue weighted by atomic mass is 16.1. The molecule has 1 fully saturated rings. The van der Waals surface area contributed by atoms with Gasteiger partial charge in [-0.25, -0.2) is 4.98 Å². The Kier molecular flexibility index (Phi) is 6.23. The third kappa shape index (κ3) is 4.23. The van der Waals surface area contributed by atoms with Crippen LogP contribution >= 0.6 is 0 Å². The second kappa shape index (κ2) is 9.08. The fraction of sp³-hybridized carbons (Fsp3) is 0.417. The molecule has 0 atom stereocenters. The minimum absolute atomic E-state index is 0.197. The number of rotatable bonds is 6. The third-order valence-electron chi connectivity index (χ3n) is 6.17. The van der Waals surface area contributed by atoms with Crippen LogP contribution in [0.5, 0.6) is 0 Å². The van der Waals surface area contributed by atoms with Gasteiger partial charge in [-0.05, 0) is 56.6 Å². The van der Waals surface area contributed by atoms with Gasteiger partial charge in [-0.3, -0.25) is 9.59 Å². The number of carbonyl (C=O) groups excluding carboxylic acids is 1. The number of hydrogen-bond donors (Lipinski definition) is 2. The molecule has 4 rings (SSSR count). The Morgan fingerprint density at radius 1 is 1.09 bits per heavy atom. The van der Waals surface area contributed by atoms with E-state index in [9.17, 15) is 9.59 Å². The summed E-state index contributed by atoms with van der Waals surface area (Å²) in [6.07, 6.45) is 0.556. The first-order valence-electron chi connectivity index (χ1n) is 11.2. The molecule has 0 radical (unpaired) electrons. The van der Waals surface area contributed by atoms with Crippen LogP contribution in [-0.4, -0.2) is 58.4 Å². The normalized spacial score (nSPS) is 14.7. The minimum Gasteiger partial charge on any atom is -0.369 e. The van der Waals surface area contributed by atoms with Gasteiger partial charge in [-0.1, -0.05) is 13.8 Å². The van der Waals surface area contributed by atoms with Gasteiger partial charge in [0, 0.05) is 42.9 Å². The minimum atomic E-state index is -0.404. The van der Waals surface area contributed by atoms with Crippen LogP contribution in [0.3, 0.4) is 0 Å². The lowest BCUT2D eigenvalue weighted by atomic mass is 9.99. The lowest BCUT2D eigenvalue weighted by Gasteiger charge is -2.35. The van der Waals surface area contributed by atoms with Crippen LogP contribution in [0, 0.1) is 6.92 Å². The van der Waals surface area contributed by atoms with Crippen molar-refractivity contribution in [1.82, 2.24) is 19.9 Å². The van der Waals surface area contributed by atoms with Crippen LogP contribution in [0.15, 0.2) is 29.1 Å². The number of aryl methyl sites for hydroxylation is 2. The third-order valence-corrected chi connectivity index (χ3v) is 6.17. The van der Waals surface area contributed by atoms with Gasteiger partial charge in [0.05, 0.1) is 11.3 Å². The number of anilines is 3. The maximum Gasteiger partial charge on any atom is 0.260 e. The lowest BCUT2D eigenvalue weighted by molar-refractivity contribution is 0.101. The molecule has 2 N–H and O–H groups in total. The molecule has 168 valence electrons. The summed E-state index contributed by atoms with van der Waals surface area (Å²) < 4.78 is 0. The number of aromatic nitrogens is 3. The van der Waals surface area contributed by atoms with Crippen molar-refractivity contribution in [3.8, 4) is 0 Å². The summed E-state index contributed by atoms with van der Waals surface area (Å²) in [5.41, 5.74) is 3.73. The molecule has 1 aliphatic heterocycles. The van der Waals surface area contributed by atoms with Crippen LogP contribution in [0.4, 0.5) is 17.3 Å². The molecule has 8 nitrogen and oxygen atoms in total. The average Bonchev–Trinajstić information content (AvgIpc) is 2.78. The maximum absolute atomic E-state index is 12.5. The van der Waals surface area contributed by atoms with E-state index >= 15 is 0 Å². The highest BCUT2D eigenvalue weighted by molar-refractivity contribution is 6.00. The molecule has 1 saturated heterocycles. The topological polar surface area (TPSA) is 94.2 Å². The fourth-order valence-electron chi connectivity index (χ4n) is 4.45. The van der Waals surface area contributed by atoms with E-state index in [0.29, 0.717) is 23.6 Å². The highest BCUT2D eigenvalue weighted by Crippen LogP contribution is 2.25. The predicted octanol–water partition coefficient (Wildman–Crippen LogP) is 3.28. The van der Waals surface area contributed by atoms with Gasteiger partial charge in [0.1, 0.15) is 5.65 Å². The van der Waals surface area contributed by atoms with Crippen molar-refractivity contribution in [2.24, 2.45) is 0 Å². The van der Waals surface area contributed by atoms with Crippen molar-refractivity contribution in [2.45, 2.75) is 34.1 Å². The van der Waals surface area contributed by atoms with Gasteiger partial charge in [0.15, 0.2) is 5.78 Å². The molecule has 0 unspecified atom stereocenters. The van der Waals surface area contributed by atoms with Crippen molar-refractivity contribution in [3.05, 3.63) is 51.4 Å². The van der Waals surface area contributed by atoms with Gasteiger partial charge in [-0.15, -0.1) is 0 Å². The average molecular weight is 435 g/mol. The number of nitrogens with one attached hydrogen (secondary N) is 2. The quantitative estimate of drug-likeness (QED) is 0.575. The van der Waals surface area contributed by atoms with Gasteiger partial charge in [0.25, 0.3) is 5.56 Å². The maximum atomic E-state index is 12.5. The molecule has 1 aliphatic rings. The number of likely N-dealkylation sites (N-methyl/N-ethyl adjacent to an activating group) is 1. The van der Waals surface area contributed by atoms with Gasteiger partial charge in [-0.2, -0.15) is 4.98 Å². The van der Waals surface area contributed by atoms with E-state index in [4.69, 9.17) is 0 Å². The molecule has 8 heteroatoms. The molecule has 2 aromatic heterocycles. The summed E-state index contributed by atoms with van der Waals surface area (Å²) in [4.78, 5) is 41.2. The molecule has 3 heterocycles. The van der Waals surface area contributed by atoms with E-state index < -0.39 is 5.56 Å². The smallest absolute Gasteiger partial charge is 0.260 e. The van der Waals surface area contributed by atoms with E-state index in [1.807, 2.05) is 26.0 Å². The molecule has 0 spiro atoms. The summed E-state index contributed by atoms with van der Waals surface area (Å²) in [6.45, 7) is 12.7. The molecular formula is C24H30N6O2. The standard InChI is InChI=1S/C24H30N6O2/c1-5-19-20-15(3)25-24(28-22(20)27-23(32)21(19)16(4)31)26-17-7-9-18(10-8-17)30-13-11-29(6-2)12-14-30/h7-10H,5-6,11-14H2,1-4H3,(H2,25,26,27,28,32). The van der Waals surface area contributed by atoms with Crippen molar-refractivity contribution >= 4 is 34.1 Å². The molecule has 0 saturated carbocycles. The van der Waals surface area contributed by atoms with Gasteiger partial charge >= 0.3 is 0 Å². The Morgan fingerprint density at radius 2 is 1.78 bits per heavy atom. The Bertz CT molecular complexity index is 1190. The SMILES string of the molecule is CCc1c(C(C)=O)c(=O)[nH]c2nc(Nc3ccc(N4CCN(CC)CC4)cc3)nc(C)c12. The summed E-state index contributed by atoms with van der Waals surface area (Å²) in [5, 5.41) is 3.98. The van der Waals surface area contributed by atoms with Gasteiger partial charge in [0.2, 0.25) is 5.95 Å². The summed E-state index contributed by atoms with van der Waals surface area (Å²) in [5.74, 6) is 0.162. The first-order valence-corrected chi connectivity index (χ1v) is 11.2. The van der Waals surface area contributed by atoms with Crippen LogP contribution in [0.2, 0.25) is 0 Å². The van der Waals surface area contributed by atoms with E-state index in [1.54, 1.807) is 0 Å². The molecule has 1 aromatic carbocycles. The zero-order valence-corrected chi connectivity index (χ0v) is 19.2. The number of Topliss-reactive ketones (excluding diaryl/α,β-unsaturated/α-hetero) is 1. The van der Waals surface area contributed by atoms with Gasteiger partial charge < -0.3 is 20.1 Å². The number of piperazine rings is 1. The first kappa shape index (κ1) is 22.0. The Balaban J connectivity index is 1.59. The molecule has 0 aliphatic carbocycles. The number of H-pyrrole nitrogens is 1. The second-order valence-electron chi connectivity index (χ2n) is 8.17. The number of nitrogens with zero attached hydrogens (tertiary/aromatic N) is 4. The number of aromatic amines is 1. The summed E-state index contributed by atoms with van der Waals surface area (Å²) in [6, 6.07) is 8.25. The molecule has 3 aromatic rings. The predicted molar refractivity (Wildman–Crippen MR) is 128 cm³/mol. The highest BCUT2D eigenvalue weighted by Gasteiger charge is 2.19. The Hall–Kier alpha value is -3.26. The second-order valence-corrected chi connectivity index (χ2v) is 8.17. The number of ketones is 1.